The Bertz CT molecular complexity index is 852. The predicted molar refractivity (Wildman–Crippen MR) is 99.8 cm³/mol. The zero-order valence-electron chi connectivity index (χ0n) is 12.4. The quantitative estimate of drug-likeness (QED) is 0.607. The summed E-state index contributed by atoms with van der Waals surface area (Å²) in [6, 6.07) is 14.8. The van der Waals surface area contributed by atoms with Gasteiger partial charge in [-0.2, -0.15) is 0 Å². The fourth-order valence-corrected chi connectivity index (χ4v) is 3.04. The lowest BCUT2D eigenvalue weighted by molar-refractivity contribution is -0.113. The van der Waals surface area contributed by atoms with Gasteiger partial charge in [0, 0.05) is 5.02 Å². The number of hydrogen-bond donors (Lipinski definition) is 2. The summed E-state index contributed by atoms with van der Waals surface area (Å²) in [6.07, 6.45) is 1.75. The standard InChI is InChI=1S/C17H13Cl2N3OS/c18-12-6-7-13(19)14(8-12)21-16(23)10-24-17-20-9-15(22-17)11-4-2-1-3-5-11/h1-9H,10H2,(H,20,22)(H,21,23). The van der Waals surface area contributed by atoms with Gasteiger partial charge < -0.3 is 10.3 Å². The molecule has 1 aromatic heterocycles. The maximum atomic E-state index is 12.1. The third-order valence-corrected chi connectivity index (χ3v) is 4.63. The first-order valence-corrected chi connectivity index (χ1v) is 8.84. The number of thioether (sulfide) groups is 1. The molecule has 122 valence electrons. The highest BCUT2D eigenvalue weighted by molar-refractivity contribution is 7.99. The van der Waals surface area contributed by atoms with Gasteiger partial charge in [0.25, 0.3) is 0 Å². The van der Waals surface area contributed by atoms with Crippen molar-refractivity contribution in [3.8, 4) is 11.3 Å². The van der Waals surface area contributed by atoms with Gasteiger partial charge in [-0.3, -0.25) is 4.79 Å². The van der Waals surface area contributed by atoms with Crippen LogP contribution in [0.4, 0.5) is 5.69 Å². The Morgan fingerprint density at radius 2 is 1.96 bits per heavy atom. The molecule has 1 amide bonds. The van der Waals surface area contributed by atoms with Gasteiger partial charge in [-0.25, -0.2) is 4.98 Å². The van der Waals surface area contributed by atoms with E-state index in [9.17, 15) is 4.79 Å². The summed E-state index contributed by atoms with van der Waals surface area (Å²) in [5.41, 5.74) is 2.46. The number of aromatic nitrogens is 2. The number of nitrogens with one attached hydrogen (secondary N) is 2. The molecule has 0 bridgehead atoms. The molecule has 3 rings (SSSR count). The molecule has 0 fully saturated rings. The van der Waals surface area contributed by atoms with Gasteiger partial charge in [0.15, 0.2) is 5.16 Å². The Labute approximate surface area is 153 Å². The highest BCUT2D eigenvalue weighted by Crippen LogP contribution is 2.26. The minimum atomic E-state index is -0.179. The second kappa shape index (κ2) is 7.75. The first-order chi connectivity index (χ1) is 11.6. The minimum Gasteiger partial charge on any atom is -0.333 e. The number of nitrogens with zero attached hydrogens (tertiary/aromatic N) is 1. The van der Waals surface area contributed by atoms with Gasteiger partial charge in [0.2, 0.25) is 5.91 Å². The average Bonchev–Trinajstić information content (AvgIpc) is 3.06. The Balaban J connectivity index is 1.59. The zero-order chi connectivity index (χ0) is 16.9. The van der Waals surface area contributed by atoms with E-state index in [4.69, 9.17) is 23.2 Å². The van der Waals surface area contributed by atoms with Gasteiger partial charge in [0.1, 0.15) is 0 Å². The minimum absolute atomic E-state index is 0.179. The van der Waals surface area contributed by atoms with E-state index < -0.39 is 0 Å². The number of halogens is 2. The predicted octanol–water partition coefficient (Wildman–Crippen LogP) is 5.11. The van der Waals surface area contributed by atoms with Gasteiger partial charge in [-0.05, 0) is 23.8 Å². The Hall–Kier alpha value is -1.95. The topological polar surface area (TPSA) is 57.8 Å². The molecule has 0 atom stereocenters. The number of rotatable bonds is 5. The Kier molecular flexibility index (Phi) is 5.45. The van der Waals surface area contributed by atoms with Crippen molar-refractivity contribution in [3.63, 3.8) is 0 Å². The molecule has 0 saturated carbocycles. The smallest absolute Gasteiger partial charge is 0.234 e. The van der Waals surface area contributed by atoms with Crippen molar-refractivity contribution in [2.45, 2.75) is 5.16 Å². The van der Waals surface area contributed by atoms with Gasteiger partial charge >= 0.3 is 0 Å². The number of carbonyl (C=O) groups excluding carboxylic acids is 1. The van der Waals surface area contributed by atoms with E-state index in [0.29, 0.717) is 20.9 Å². The SMILES string of the molecule is O=C(CSc1ncc(-c2ccccc2)[nH]1)Nc1cc(Cl)ccc1Cl. The van der Waals surface area contributed by atoms with E-state index in [1.54, 1.807) is 24.4 Å². The molecule has 3 aromatic rings. The van der Waals surface area contributed by atoms with Crippen LogP contribution >= 0.6 is 35.0 Å². The van der Waals surface area contributed by atoms with Gasteiger partial charge in [-0.1, -0.05) is 65.3 Å². The van der Waals surface area contributed by atoms with E-state index in [-0.39, 0.29) is 11.7 Å². The molecule has 7 heteroatoms. The average molecular weight is 378 g/mol. The molecule has 0 aliphatic carbocycles. The van der Waals surface area contributed by atoms with Crippen LogP contribution in [-0.4, -0.2) is 21.6 Å². The maximum Gasteiger partial charge on any atom is 0.234 e. The number of hydrogen-bond acceptors (Lipinski definition) is 3. The second-order valence-electron chi connectivity index (χ2n) is 4.93. The number of benzene rings is 2. The maximum absolute atomic E-state index is 12.1. The van der Waals surface area contributed by atoms with Crippen LogP contribution in [0.2, 0.25) is 10.0 Å². The van der Waals surface area contributed by atoms with E-state index >= 15 is 0 Å². The highest BCUT2D eigenvalue weighted by Gasteiger charge is 2.09. The van der Waals surface area contributed by atoms with Crippen molar-refractivity contribution >= 4 is 46.6 Å². The molecule has 2 aromatic carbocycles. The normalized spacial score (nSPS) is 10.6. The van der Waals surface area contributed by atoms with Crippen LogP contribution in [0.3, 0.4) is 0 Å². The number of anilines is 1. The lowest BCUT2D eigenvalue weighted by Crippen LogP contribution is -2.14. The van der Waals surface area contributed by atoms with E-state index in [0.717, 1.165) is 11.3 Å². The van der Waals surface area contributed by atoms with Crippen LogP contribution in [-0.2, 0) is 4.79 Å². The molecule has 0 spiro atoms. The molecule has 2 N–H and O–H groups in total. The van der Waals surface area contributed by atoms with E-state index in [1.165, 1.54) is 11.8 Å². The largest absolute Gasteiger partial charge is 0.333 e. The van der Waals surface area contributed by atoms with Crippen molar-refractivity contribution < 1.29 is 4.79 Å². The lowest BCUT2D eigenvalue weighted by Gasteiger charge is -2.06. The summed E-state index contributed by atoms with van der Waals surface area (Å²) >= 11 is 13.3. The van der Waals surface area contributed by atoms with Crippen LogP contribution in [0, 0.1) is 0 Å². The molecule has 0 aliphatic rings. The van der Waals surface area contributed by atoms with Crippen LogP contribution in [0.15, 0.2) is 59.9 Å². The fourth-order valence-electron chi connectivity index (χ4n) is 2.05. The van der Waals surface area contributed by atoms with Gasteiger partial charge in [-0.15, -0.1) is 0 Å². The number of imidazole rings is 1. The summed E-state index contributed by atoms with van der Waals surface area (Å²) in [6.45, 7) is 0. The molecule has 0 unspecified atom stereocenters. The van der Waals surface area contributed by atoms with Crippen LogP contribution in [0.5, 0.6) is 0 Å². The second-order valence-corrected chi connectivity index (χ2v) is 6.74. The molecular formula is C17H13Cl2N3OS. The number of amides is 1. The molecule has 1 heterocycles. The number of carbonyl (C=O) groups is 1. The molecule has 4 nitrogen and oxygen atoms in total. The number of H-pyrrole nitrogens is 1. The zero-order valence-corrected chi connectivity index (χ0v) is 14.8. The van der Waals surface area contributed by atoms with Crippen LogP contribution in [0.25, 0.3) is 11.3 Å². The van der Waals surface area contributed by atoms with Crippen LogP contribution in [0.1, 0.15) is 0 Å². The monoisotopic (exact) mass is 377 g/mol. The van der Waals surface area contributed by atoms with Crippen LogP contribution < -0.4 is 5.32 Å². The van der Waals surface area contributed by atoms with Crippen molar-refractivity contribution in [2.75, 3.05) is 11.1 Å². The van der Waals surface area contributed by atoms with Crippen molar-refractivity contribution in [1.29, 1.82) is 0 Å². The lowest BCUT2D eigenvalue weighted by atomic mass is 10.2. The van der Waals surface area contributed by atoms with Crippen molar-refractivity contribution in [3.05, 3.63) is 64.8 Å². The van der Waals surface area contributed by atoms with E-state index in [1.807, 2.05) is 30.3 Å². The third-order valence-electron chi connectivity index (χ3n) is 3.18. The van der Waals surface area contributed by atoms with Crippen molar-refractivity contribution in [2.24, 2.45) is 0 Å². The molecule has 0 saturated heterocycles. The molecule has 24 heavy (non-hydrogen) atoms. The highest BCUT2D eigenvalue weighted by atomic mass is 35.5. The summed E-state index contributed by atoms with van der Waals surface area (Å²) in [7, 11) is 0. The summed E-state index contributed by atoms with van der Waals surface area (Å²) in [5, 5.41) is 4.38. The fraction of sp³-hybridized carbons (Fsp3) is 0.0588. The molecule has 0 radical (unpaired) electrons. The molecule has 0 aliphatic heterocycles. The third kappa shape index (κ3) is 4.32. The summed E-state index contributed by atoms with van der Waals surface area (Å²) in [4.78, 5) is 19.5. The Morgan fingerprint density at radius 1 is 1.17 bits per heavy atom. The first-order valence-electron chi connectivity index (χ1n) is 7.10. The first kappa shape index (κ1) is 16.9. The summed E-state index contributed by atoms with van der Waals surface area (Å²) in [5.74, 6) is 0.0340. The van der Waals surface area contributed by atoms with Gasteiger partial charge in [0.05, 0.1) is 28.4 Å². The summed E-state index contributed by atoms with van der Waals surface area (Å²) < 4.78 is 0. The van der Waals surface area contributed by atoms with Crippen molar-refractivity contribution in [1.82, 2.24) is 9.97 Å². The van der Waals surface area contributed by atoms with E-state index in [2.05, 4.69) is 15.3 Å². The Morgan fingerprint density at radius 3 is 2.75 bits per heavy atom. The number of aromatic amines is 1. The molecular weight excluding hydrogens is 365 g/mol.